The van der Waals surface area contributed by atoms with Crippen LogP contribution in [0.3, 0.4) is 0 Å². The maximum absolute atomic E-state index is 8.88. The van der Waals surface area contributed by atoms with Crippen LogP contribution in [0.4, 0.5) is 0 Å². The van der Waals surface area contributed by atoms with E-state index in [0.717, 1.165) is 0 Å². The zero-order chi connectivity index (χ0) is 4.50. The van der Waals surface area contributed by atoms with Crippen molar-refractivity contribution >= 4 is 7.82 Å². The Morgan fingerprint density at radius 2 is 1.29 bits per heavy atom. The van der Waals surface area contributed by atoms with E-state index in [-0.39, 0.29) is 107 Å². The first-order chi connectivity index (χ1) is 2.00. The van der Waals surface area contributed by atoms with Crippen LogP contribution in [0.25, 0.3) is 0 Å². The third-order valence-corrected chi connectivity index (χ3v) is 0. The van der Waals surface area contributed by atoms with Crippen LogP contribution in [0.15, 0.2) is 0 Å². The van der Waals surface area contributed by atoms with Crippen molar-refractivity contribution in [2.75, 3.05) is 0 Å². The van der Waals surface area contributed by atoms with Crippen molar-refractivity contribution in [3.05, 3.63) is 0 Å². The van der Waals surface area contributed by atoms with Crippen molar-refractivity contribution < 1.29 is 126 Å². The van der Waals surface area contributed by atoms with Crippen LogP contribution in [0, 0.1) is 0 Å². The SMILES string of the molecule is O=P(O)(O)O.[H+].[H-].[H-].[K+].[K+]. The van der Waals surface area contributed by atoms with E-state index in [9.17, 15) is 0 Å². The van der Waals surface area contributed by atoms with Gasteiger partial charge in [-0.05, 0) is 0 Å². The minimum absolute atomic E-state index is 0. The first-order valence-electron chi connectivity index (χ1n) is 0.783. The Labute approximate surface area is 131 Å². The molecule has 0 bridgehead atoms. The zero-order valence-corrected chi connectivity index (χ0v) is 11.3. The second kappa shape index (κ2) is 7.49. The molecule has 0 unspecified atom stereocenters. The Morgan fingerprint density at radius 1 is 1.29 bits per heavy atom. The van der Waals surface area contributed by atoms with Gasteiger partial charge in [0.1, 0.15) is 0 Å². The molecule has 0 heterocycles. The summed E-state index contributed by atoms with van der Waals surface area (Å²) in [6, 6.07) is 0. The summed E-state index contributed by atoms with van der Waals surface area (Å²) >= 11 is 0. The van der Waals surface area contributed by atoms with Crippen LogP contribution in [-0.2, 0) is 4.57 Å². The van der Waals surface area contributed by atoms with E-state index in [4.69, 9.17) is 19.2 Å². The molecule has 0 fully saturated rings. The van der Waals surface area contributed by atoms with E-state index < -0.39 is 7.82 Å². The molecule has 0 amide bonds. The number of phosphoric acid groups is 1. The minimum Gasteiger partial charge on any atom is -1.00 e. The first kappa shape index (κ1) is 16.8. The van der Waals surface area contributed by atoms with Gasteiger partial charge in [0.15, 0.2) is 0 Å². The number of rotatable bonds is 0. The van der Waals surface area contributed by atoms with Crippen LogP contribution in [-0.4, -0.2) is 14.7 Å². The smallest absolute Gasteiger partial charge is 1.00 e. The quantitative estimate of drug-likeness (QED) is 0.255. The summed E-state index contributed by atoms with van der Waals surface area (Å²) in [5.74, 6) is 0. The van der Waals surface area contributed by atoms with Crippen LogP contribution in [0.2, 0.25) is 0 Å². The van der Waals surface area contributed by atoms with Crippen molar-refractivity contribution in [2.45, 2.75) is 0 Å². The summed E-state index contributed by atoms with van der Waals surface area (Å²) in [7, 11) is -4.64. The predicted octanol–water partition coefficient (Wildman–Crippen LogP) is -6.58. The molecule has 0 aromatic rings. The van der Waals surface area contributed by atoms with E-state index >= 15 is 0 Å². The molecule has 0 aliphatic carbocycles. The summed E-state index contributed by atoms with van der Waals surface area (Å²) in [4.78, 5) is 21.6. The van der Waals surface area contributed by atoms with Crippen LogP contribution >= 0.6 is 7.82 Å². The summed E-state index contributed by atoms with van der Waals surface area (Å²) in [5, 5.41) is 0. The molecule has 0 rings (SSSR count). The van der Waals surface area contributed by atoms with Gasteiger partial charge < -0.3 is 17.5 Å². The van der Waals surface area contributed by atoms with Gasteiger partial charge in [0, 0.05) is 0 Å². The Bertz CT molecular complexity index is 64.6. The molecule has 0 saturated carbocycles. The van der Waals surface area contributed by atoms with E-state index in [0.29, 0.717) is 0 Å². The van der Waals surface area contributed by atoms with Gasteiger partial charge in [-0.2, -0.15) is 0 Å². The van der Waals surface area contributed by atoms with Crippen molar-refractivity contribution in [1.29, 1.82) is 0 Å². The van der Waals surface area contributed by atoms with Crippen LogP contribution < -0.4 is 103 Å². The molecule has 36 valence electrons. The topological polar surface area (TPSA) is 77.8 Å². The predicted molar refractivity (Wildman–Crippen MR) is 17.6 cm³/mol. The molecule has 0 aromatic carbocycles. The average Bonchev–Trinajstić information content (AvgIpc) is 0.722. The Morgan fingerprint density at radius 3 is 1.29 bits per heavy atom. The molecule has 4 nitrogen and oxygen atoms in total. The van der Waals surface area contributed by atoms with Gasteiger partial charge in [0.05, 0.1) is 0 Å². The maximum Gasteiger partial charge on any atom is 1.00 e. The fraction of sp³-hybridized carbons (Fsp3) is 0. The van der Waals surface area contributed by atoms with Crippen LogP contribution in [0.5, 0.6) is 0 Å². The van der Waals surface area contributed by atoms with E-state index in [1.807, 2.05) is 0 Å². The zero-order valence-electron chi connectivity index (χ0n) is 7.20. The van der Waals surface area contributed by atoms with Gasteiger partial charge in [0.25, 0.3) is 0 Å². The molecule has 0 spiro atoms. The normalized spacial score (nSPS) is 8.43. The van der Waals surface area contributed by atoms with Crippen molar-refractivity contribution in [3.63, 3.8) is 0 Å². The monoisotopic (exact) mass is 179 g/mol. The molecular weight excluding hydrogens is 173 g/mol. The fourth-order valence-corrected chi connectivity index (χ4v) is 0. The maximum atomic E-state index is 8.88. The number of hydrogen-bond acceptors (Lipinski definition) is 1. The molecular formula is H6K2O4P+. The summed E-state index contributed by atoms with van der Waals surface area (Å²) in [6.45, 7) is 0. The Kier molecular flexibility index (Phi) is 17.9. The second-order valence-corrected chi connectivity index (χ2v) is 1.54. The summed E-state index contributed by atoms with van der Waals surface area (Å²) in [6.07, 6.45) is 0. The Balaban J connectivity index is -0.00000000800. The largest absolute Gasteiger partial charge is 1.00 e. The molecule has 0 saturated heterocycles. The molecule has 0 radical (unpaired) electrons. The molecule has 3 N–H and O–H groups in total. The second-order valence-electron chi connectivity index (χ2n) is 0.513. The Hall–Kier alpha value is 3.38. The van der Waals surface area contributed by atoms with Crippen molar-refractivity contribution in [1.82, 2.24) is 0 Å². The van der Waals surface area contributed by atoms with Gasteiger partial charge in [-0.15, -0.1) is 0 Å². The van der Waals surface area contributed by atoms with E-state index in [2.05, 4.69) is 0 Å². The third-order valence-electron chi connectivity index (χ3n) is 0. The minimum atomic E-state index is -4.64. The fourth-order valence-electron chi connectivity index (χ4n) is 0. The van der Waals surface area contributed by atoms with Gasteiger partial charge in [-0.3, -0.25) is 0 Å². The summed E-state index contributed by atoms with van der Waals surface area (Å²) < 4.78 is 8.88. The molecule has 0 aliphatic rings. The molecule has 0 aromatic heterocycles. The van der Waals surface area contributed by atoms with Gasteiger partial charge in [-0.1, -0.05) is 0 Å². The van der Waals surface area contributed by atoms with Crippen LogP contribution in [0.1, 0.15) is 4.28 Å². The van der Waals surface area contributed by atoms with Crippen molar-refractivity contribution in [2.24, 2.45) is 0 Å². The van der Waals surface area contributed by atoms with Gasteiger partial charge >= 0.3 is 112 Å². The molecule has 7 heteroatoms. The molecule has 0 aliphatic heterocycles. The van der Waals surface area contributed by atoms with Crippen molar-refractivity contribution in [3.8, 4) is 0 Å². The standard InChI is InChI=1S/2K.H3O4P.2H/c;;1-5(2,3)4;;/h;;(H3,1,2,3,4);;/q2*+1;;2*-1/p+1. The average molecular weight is 179 g/mol. The molecule has 0 atom stereocenters. The van der Waals surface area contributed by atoms with E-state index in [1.54, 1.807) is 0 Å². The first-order valence-corrected chi connectivity index (χ1v) is 2.35. The molecule has 7 heavy (non-hydrogen) atoms. The van der Waals surface area contributed by atoms with E-state index in [1.165, 1.54) is 0 Å². The third kappa shape index (κ3) is 44.7. The summed E-state index contributed by atoms with van der Waals surface area (Å²) in [5.41, 5.74) is 0. The van der Waals surface area contributed by atoms with Gasteiger partial charge in [0.2, 0.25) is 0 Å². The van der Waals surface area contributed by atoms with Gasteiger partial charge in [-0.25, -0.2) is 4.57 Å². The number of hydrogen-bond donors (Lipinski definition) is 3.